The van der Waals surface area contributed by atoms with E-state index in [9.17, 15) is 0 Å². The highest BCUT2D eigenvalue weighted by Crippen LogP contribution is 2.60. The zero-order valence-electron chi connectivity index (χ0n) is 22.8. The quantitative estimate of drug-likeness (QED) is 0.431. The first-order valence-corrected chi connectivity index (χ1v) is 14.4. The van der Waals surface area contributed by atoms with E-state index in [1.807, 2.05) is 23.9 Å². The second kappa shape index (κ2) is 8.95. The summed E-state index contributed by atoms with van der Waals surface area (Å²) in [7, 11) is 0. The Bertz CT molecular complexity index is 970. The Kier molecular flexibility index (Phi) is 6.84. The van der Waals surface area contributed by atoms with Crippen LogP contribution in [0.15, 0.2) is 0 Å². The first-order valence-electron chi connectivity index (χ1n) is 12.6. The normalized spacial score (nSPS) is 29.5. The third kappa shape index (κ3) is 3.64. The largest absolute Gasteiger partial charge is 0.207 e. The molecule has 6 atom stereocenters. The van der Waals surface area contributed by atoms with E-state index in [4.69, 9.17) is 0 Å². The lowest BCUT2D eigenvalue weighted by molar-refractivity contribution is 0.217. The van der Waals surface area contributed by atoms with Gasteiger partial charge in [-0.25, -0.2) is 4.13 Å². The van der Waals surface area contributed by atoms with Crippen molar-refractivity contribution in [3.05, 3.63) is 66.8 Å². The van der Waals surface area contributed by atoms with Gasteiger partial charge in [-0.05, 0) is 148 Å². The number of benzene rings is 2. The average molecular weight is 482 g/mol. The zero-order valence-corrected chi connectivity index (χ0v) is 24.4. The summed E-state index contributed by atoms with van der Waals surface area (Å²) in [5.41, 5.74) is 18.3. The van der Waals surface area contributed by atoms with Gasteiger partial charge >= 0.3 is 0 Å². The lowest BCUT2D eigenvalue weighted by Gasteiger charge is -2.48. The second-order valence-electron chi connectivity index (χ2n) is 11.1. The van der Waals surface area contributed by atoms with Gasteiger partial charge in [0.2, 0.25) is 0 Å². The molecule has 1 saturated carbocycles. The van der Waals surface area contributed by atoms with E-state index in [0.29, 0.717) is 34.2 Å². The SMILES string of the molecule is Cc1c(C)c(C)c(C2C(C)C(C)C(c3c(C)c(C)c(C)c(C)c3C)C3SNSC32)c(C)c1C. The molecule has 2 fully saturated rings. The predicted molar refractivity (Wildman–Crippen MR) is 150 cm³/mol. The molecule has 0 bridgehead atoms. The highest BCUT2D eigenvalue weighted by atomic mass is 32.2. The lowest BCUT2D eigenvalue weighted by Crippen LogP contribution is -2.45. The molecule has 2 aliphatic rings. The molecule has 180 valence electrons. The van der Waals surface area contributed by atoms with E-state index >= 15 is 0 Å². The van der Waals surface area contributed by atoms with Crippen LogP contribution in [0.4, 0.5) is 0 Å². The molecule has 6 unspecified atom stereocenters. The Labute approximate surface area is 211 Å². The minimum absolute atomic E-state index is 0.583. The Morgan fingerprint density at radius 3 is 0.939 bits per heavy atom. The molecule has 1 saturated heterocycles. The first kappa shape index (κ1) is 25.2. The fourth-order valence-electron chi connectivity index (χ4n) is 6.99. The summed E-state index contributed by atoms with van der Waals surface area (Å²) in [5, 5.41) is 1.18. The van der Waals surface area contributed by atoms with Crippen molar-refractivity contribution in [2.45, 2.75) is 105 Å². The van der Waals surface area contributed by atoms with Crippen molar-refractivity contribution < 1.29 is 0 Å². The molecule has 1 aliphatic heterocycles. The lowest BCUT2D eigenvalue weighted by atomic mass is 9.61. The van der Waals surface area contributed by atoms with E-state index < -0.39 is 0 Å². The van der Waals surface area contributed by atoms with Gasteiger partial charge < -0.3 is 0 Å². The van der Waals surface area contributed by atoms with Crippen LogP contribution in [-0.2, 0) is 0 Å². The fourth-order valence-corrected chi connectivity index (χ4v) is 10.1. The van der Waals surface area contributed by atoms with Gasteiger partial charge in [-0.15, -0.1) is 0 Å². The molecule has 0 aromatic heterocycles. The van der Waals surface area contributed by atoms with Gasteiger partial charge in [-0.2, -0.15) is 0 Å². The van der Waals surface area contributed by atoms with E-state index in [1.54, 1.807) is 11.1 Å². The molecular weight excluding hydrogens is 438 g/mol. The number of nitrogens with one attached hydrogen (secondary N) is 1. The molecule has 33 heavy (non-hydrogen) atoms. The van der Waals surface area contributed by atoms with Crippen molar-refractivity contribution in [3.63, 3.8) is 0 Å². The number of hydrogen-bond donors (Lipinski definition) is 1. The Morgan fingerprint density at radius 2 is 0.667 bits per heavy atom. The monoisotopic (exact) mass is 481 g/mol. The van der Waals surface area contributed by atoms with Crippen molar-refractivity contribution in [2.24, 2.45) is 11.8 Å². The van der Waals surface area contributed by atoms with Crippen LogP contribution in [0.2, 0.25) is 0 Å². The zero-order chi connectivity index (χ0) is 24.5. The van der Waals surface area contributed by atoms with Crippen LogP contribution in [-0.4, -0.2) is 10.5 Å². The van der Waals surface area contributed by atoms with Gasteiger partial charge in [0.05, 0.1) is 0 Å². The van der Waals surface area contributed by atoms with Crippen LogP contribution in [0.5, 0.6) is 0 Å². The minimum atomic E-state index is 0.583. The van der Waals surface area contributed by atoms with Crippen molar-refractivity contribution in [1.29, 1.82) is 0 Å². The summed E-state index contributed by atoms with van der Waals surface area (Å²) in [6, 6.07) is 0. The van der Waals surface area contributed by atoms with Gasteiger partial charge in [0, 0.05) is 22.3 Å². The number of fused-ring (bicyclic) bond motifs is 1. The van der Waals surface area contributed by atoms with Crippen LogP contribution in [0.3, 0.4) is 0 Å². The Balaban J connectivity index is 1.90. The molecule has 1 aliphatic carbocycles. The van der Waals surface area contributed by atoms with E-state index in [1.165, 1.54) is 55.6 Å². The molecule has 0 amide bonds. The molecule has 3 heteroatoms. The average Bonchev–Trinajstić information content (AvgIpc) is 3.27. The van der Waals surface area contributed by atoms with E-state index in [0.717, 1.165) is 0 Å². The maximum Gasteiger partial charge on any atom is 0.0410 e. The first-order chi connectivity index (χ1) is 15.4. The van der Waals surface area contributed by atoms with Crippen molar-refractivity contribution in [3.8, 4) is 0 Å². The topological polar surface area (TPSA) is 12.0 Å². The highest BCUT2D eigenvalue weighted by Gasteiger charge is 2.52. The Morgan fingerprint density at radius 1 is 0.424 bits per heavy atom. The second-order valence-corrected chi connectivity index (χ2v) is 13.3. The third-order valence-electron chi connectivity index (χ3n) is 10.1. The van der Waals surface area contributed by atoms with Gasteiger partial charge in [-0.3, -0.25) is 0 Å². The van der Waals surface area contributed by atoms with Crippen LogP contribution < -0.4 is 4.13 Å². The Hall–Kier alpha value is -0.900. The predicted octanol–water partition coefficient (Wildman–Crippen LogP) is 8.56. The van der Waals surface area contributed by atoms with Gasteiger partial charge in [0.25, 0.3) is 0 Å². The van der Waals surface area contributed by atoms with E-state index in [2.05, 4.69) is 87.2 Å². The van der Waals surface area contributed by atoms with Crippen molar-refractivity contribution in [2.75, 3.05) is 0 Å². The van der Waals surface area contributed by atoms with Crippen LogP contribution in [0.25, 0.3) is 0 Å². The molecule has 1 N–H and O–H groups in total. The van der Waals surface area contributed by atoms with Crippen molar-refractivity contribution >= 4 is 23.9 Å². The molecule has 1 heterocycles. The summed E-state index contributed by atoms with van der Waals surface area (Å²) in [4.78, 5) is 0. The molecule has 0 radical (unpaired) electrons. The summed E-state index contributed by atoms with van der Waals surface area (Å²) in [5.74, 6) is 2.42. The molecule has 2 aromatic rings. The molecule has 2 aromatic carbocycles. The van der Waals surface area contributed by atoms with Gasteiger partial charge in [-0.1, -0.05) is 37.7 Å². The molecular formula is C30H43NS2. The maximum atomic E-state index is 3.70. The summed E-state index contributed by atoms with van der Waals surface area (Å²) in [6.45, 7) is 28.5. The number of rotatable bonds is 2. The van der Waals surface area contributed by atoms with Crippen molar-refractivity contribution in [1.82, 2.24) is 4.13 Å². The maximum absolute atomic E-state index is 3.70. The highest BCUT2D eigenvalue weighted by molar-refractivity contribution is 8.16. The summed E-state index contributed by atoms with van der Waals surface area (Å²) < 4.78 is 3.70. The number of hydrogen-bond acceptors (Lipinski definition) is 3. The minimum Gasteiger partial charge on any atom is -0.207 e. The molecule has 1 nitrogen and oxygen atoms in total. The third-order valence-corrected chi connectivity index (χ3v) is 12.8. The molecule has 0 spiro atoms. The van der Waals surface area contributed by atoms with E-state index in [-0.39, 0.29) is 0 Å². The molecule has 4 rings (SSSR count). The fraction of sp³-hybridized carbons (Fsp3) is 0.600. The van der Waals surface area contributed by atoms with Gasteiger partial charge in [0.15, 0.2) is 0 Å². The van der Waals surface area contributed by atoms with Gasteiger partial charge in [0.1, 0.15) is 0 Å². The van der Waals surface area contributed by atoms with Crippen LogP contribution >= 0.6 is 23.9 Å². The van der Waals surface area contributed by atoms with Crippen LogP contribution in [0, 0.1) is 81.1 Å². The standard InChI is InChI=1S/C30H43NS2/c1-13-15(3)19(7)25(20(8)16(13)4)27-23(11)24(12)28(30-29(27)32-31-33-30)26-21(9)17(5)14(2)18(6)22(26)10/h23-24,27-31H,1-12H3. The van der Waals surface area contributed by atoms with Crippen LogP contribution in [0.1, 0.15) is 92.4 Å². The summed E-state index contributed by atoms with van der Waals surface area (Å²) in [6.07, 6.45) is 0. The summed E-state index contributed by atoms with van der Waals surface area (Å²) >= 11 is 4.01. The smallest absolute Gasteiger partial charge is 0.0410 e.